The Bertz CT molecular complexity index is 889. The summed E-state index contributed by atoms with van der Waals surface area (Å²) >= 11 is 1.50. The number of H-pyrrole nitrogens is 1. The van der Waals surface area contributed by atoms with Gasteiger partial charge in [-0.15, -0.1) is 11.8 Å². The van der Waals surface area contributed by atoms with E-state index in [0.29, 0.717) is 17.1 Å². The van der Waals surface area contributed by atoms with Crippen LogP contribution in [-0.2, 0) is 11.8 Å². The molecular weight excluding hydrogens is 362 g/mol. The number of carbonyl (C=O) groups excluding carboxylic acids is 1. The molecule has 1 fully saturated rings. The minimum absolute atomic E-state index is 0.0520. The van der Waals surface area contributed by atoms with Gasteiger partial charge in [-0.25, -0.2) is 0 Å². The predicted molar refractivity (Wildman–Crippen MR) is 107 cm³/mol. The van der Waals surface area contributed by atoms with Crippen molar-refractivity contribution < 1.29 is 4.79 Å². The first kappa shape index (κ1) is 18.4. The van der Waals surface area contributed by atoms with Crippen molar-refractivity contribution >= 4 is 23.5 Å². The average molecular weight is 390 g/mol. The quantitative estimate of drug-likeness (QED) is 0.825. The maximum atomic E-state index is 13.0. The number of amides is 1. The number of aromatic amines is 1. The smallest absolute Gasteiger partial charge is 0.270 e. The Labute approximate surface area is 162 Å². The van der Waals surface area contributed by atoms with Gasteiger partial charge < -0.3 is 5.32 Å². The number of aromatic nitrogens is 4. The summed E-state index contributed by atoms with van der Waals surface area (Å²) in [5.41, 5.74) is 2.45. The van der Waals surface area contributed by atoms with Gasteiger partial charge in [-0.2, -0.15) is 5.10 Å². The first-order chi connectivity index (χ1) is 13.0. The van der Waals surface area contributed by atoms with Crippen LogP contribution in [0.5, 0.6) is 0 Å². The monoisotopic (exact) mass is 389 g/mol. The van der Waals surface area contributed by atoms with Crippen LogP contribution < -0.4 is 10.9 Å². The Morgan fingerprint density at radius 3 is 2.52 bits per heavy atom. The van der Waals surface area contributed by atoms with Crippen LogP contribution in [0.2, 0.25) is 0 Å². The molecule has 1 atom stereocenters. The standard InChI is InChI=1S/C19H27N5O2S/c1-12-14(10-23(2)21-12)17-16-18(20-15(25)11-27-17)24(22-19(16)26)13-8-6-4-3-5-7-9-13/h10,13,17H,3-9,11H2,1-2H3,(H,20,25)(H,22,26). The summed E-state index contributed by atoms with van der Waals surface area (Å²) in [7, 11) is 1.88. The lowest BCUT2D eigenvalue weighted by Gasteiger charge is -2.23. The molecule has 0 aromatic carbocycles. The molecule has 2 N–H and O–H groups in total. The Morgan fingerprint density at radius 1 is 1.15 bits per heavy atom. The maximum Gasteiger partial charge on any atom is 0.270 e. The fourth-order valence-electron chi connectivity index (χ4n) is 4.33. The molecule has 0 saturated heterocycles. The van der Waals surface area contributed by atoms with Crippen LogP contribution in [0.3, 0.4) is 0 Å². The van der Waals surface area contributed by atoms with Crippen molar-refractivity contribution in [3.63, 3.8) is 0 Å². The first-order valence-corrected chi connectivity index (χ1v) is 10.9. The van der Waals surface area contributed by atoms with E-state index in [-0.39, 0.29) is 22.8 Å². The van der Waals surface area contributed by atoms with Crippen LogP contribution in [0.1, 0.15) is 73.1 Å². The fraction of sp³-hybridized carbons (Fsp3) is 0.632. The third kappa shape index (κ3) is 3.59. The maximum absolute atomic E-state index is 13.0. The van der Waals surface area contributed by atoms with Crippen LogP contribution in [0, 0.1) is 6.92 Å². The number of nitrogens with one attached hydrogen (secondary N) is 2. The van der Waals surface area contributed by atoms with Gasteiger partial charge in [0.2, 0.25) is 5.91 Å². The van der Waals surface area contributed by atoms with Gasteiger partial charge in [0, 0.05) is 18.8 Å². The van der Waals surface area contributed by atoms with Gasteiger partial charge in [0.05, 0.1) is 28.3 Å². The Kier molecular flexibility index (Phi) is 5.16. The molecule has 7 nitrogen and oxygen atoms in total. The number of nitrogens with zero attached hydrogens (tertiary/aromatic N) is 3. The van der Waals surface area contributed by atoms with Crippen LogP contribution in [0.25, 0.3) is 0 Å². The van der Waals surface area contributed by atoms with Crippen molar-refractivity contribution in [2.24, 2.45) is 7.05 Å². The zero-order valence-electron chi connectivity index (χ0n) is 16.0. The highest BCUT2D eigenvalue weighted by atomic mass is 32.2. The second-order valence-electron chi connectivity index (χ2n) is 7.65. The molecule has 2 aromatic heterocycles. The SMILES string of the molecule is Cc1nn(C)cc1C1SCC(=O)Nc2c1c(=O)[nH]n2C1CCCCCCC1. The van der Waals surface area contributed by atoms with E-state index in [9.17, 15) is 9.59 Å². The van der Waals surface area contributed by atoms with E-state index < -0.39 is 0 Å². The average Bonchev–Trinajstić information content (AvgIpc) is 3.01. The summed E-state index contributed by atoms with van der Waals surface area (Å²) in [5, 5.41) is 10.3. The van der Waals surface area contributed by atoms with Crippen molar-refractivity contribution in [3.8, 4) is 0 Å². The Balaban J connectivity index is 1.79. The number of fused-ring (bicyclic) bond motifs is 1. The molecule has 4 rings (SSSR count). The third-order valence-corrected chi connectivity index (χ3v) is 6.89. The van der Waals surface area contributed by atoms with Crippen LogP contribution >= 0.6 is 11.8 Å². The molecule has 1 aliphatic heterocycles. The van der Waals surface area contributed by atoms with Gasteiger partial charge in [-0.05, 0) is 19.8 Å². The molecule has 2 aromatic rings. The predicted octanol–water partition coefficient (Wildman–Crippen LogP) is 3.28. The molecule has 2 aliphatic rings. The molecule has 27 heavy (non-hydrogen) atoms. The zero-order chi connectivity index (χ0) is 19.0. The highest BCUT2D eigenvalue weighted by molar-refractivity contribution is 8.00. The summed E-state index contributed by atoms with van der Waals surface area (Å²) in [6, 6.07) is 0.237. The molecule has 1 amide bonds. The summed E-state index contributed by atoms with van der Waals surface area (Å²) in [6.45, 7) is 1.95. The van der Waals surface area contributed by atoms with E-state index >= 15 is 0 Å². The van der Waals surface area contributed by atoms with Crippen LogP contribution in [0.15, 0.2) is 11.0 Å². The largest absolute Gasteiger partial charge is 0.310 e. The van der Waals surface area contributed by atoms with Gasteiger partial charge in [0.1, 0.15) is 5.82 Å². The van der Waals surface area contributed by atoms with Crippen molar-refractivity contribution in [1.29, 1.82) is 0 Å². The van der Waals surface area contributed by atoms with Gasteiger partial charge >= 0.3 is 0 Å². The van der Waals surface area contributed by atoms with E-state index in [1.165, 1.54) is 31.0 Å². The summed E-state index contributed by atoms with van der Waals surface area (Å²) in [5.74, 6) is 0.940. The number of hydrogen-bond donors (Lipinski definition) is 2. The molecule has 0 radical (unpaired) electrons. The number of rotatable bonds is 2. The minimum Gasteiger partial charge on any atom is -0.310 e. The molecule has 8 heteroatoms. The van der Waals surface area contributed by atoms with Crippen LogP contribution in [0.4, 0.5) is 5.82 Å². The number of aryl methyl sites for hydroxylation is 2. The molecule has 146 valence electrons. The topological polar surface area (TPSA) is 84.7 Å². The highest BCUT2D eigenvalue weighted by Crippen LogP contribution is 2.42. The van der Waals surface area contributed by atoms with E-state index in [4.69, 9.17) is 0 Å². The third-order valence-electron chi connectivity index (χ3n) is 5.64. The zero-order valence-corrected chi connectivity index (χ0v) is 16.8. The van der Waals surface area contributed by atoms with Crippen molar-refractivity contribution in [2.45, 2.75) is 63.2 Å². The normalized spacial score (nSPS) is 21.9. The molecule has 1 unspecified atom stereocenters. The summed E-state index contributed by atoms with van der Waals surface area (Å²) in [6.07, 6.45) is 10.1. The second kappa shape index (κ2) is 7.58. The number of hydrogen-bond acceptors (Lipinski definition) is 4. The molecule has 0 spiro atoms. The van der Waals surface area contributed by atoms with Crippen molar-refractivity contribution in [2.75, 3.05) is 11.1 Å². The van der Waals surface area contributed by atoms with E-state index in [0.717, 1.165) is 36.9 Å². The van der Waals surface area contributed by atoms with Crippen LogP contribution in [-0.4, -0.2) is 31.2 Å². The van der Waals surface area contributed by atoms with Gasteiger partial charge in [0.25, 0.3) is 5.56 Å². The Morgan fingerprint density at radius 2 is 1.85 bits per heavy atom. The molecular formula is C19H27N5O2S. The molecule has 1 aliphatic carbocycles. The highest BCUT2D eigenvalue weighted by Gasteiger charge is 2.33. The van der Waals surface area contributed by atoms with E-state index in [2.05, 4.69) is 15.5 Å². The van der Waals surface area contributed by atoms with Crippen molar-refractivity contribution in [1.82, 2.24) is 19.6 Å². The summed E-state index contributed by atoms with van der Waals surface area (Å²) < 4.78 is 3.72. The van der Waals surface area contributed by atoms with Gasteiger partial charge in [0.15, 0.2) is 0 Å². The first-order valence-electron chi connectivity index (χ1n) is 9.80. The number of anilines is 1. The Hall–Kier alpha value is -1.96. The van der Waals surface area contributed by atoms with Gasteiger partial charge in [-0.1, -0.05) is 32.1 Å². The second-order valence-corrected chi connectivity index (χ2v) is 8.75. The fourth-order valence-corrected chi connectivity index (χ4v) is 5.52. The molecule has 1 saturated carbocycles. The minimum atomic E-state index is -0.189. The lowest BCUT2D eigenvalue weighted by Crippen LogP contribution is -2.20. The van der Waals surface area contributed by atoms with E-state index in [1.54, 1.807) is 4.68 Å². The lowest BCUT2D eigenvalue weighted by molar-refractivity contribution is -0.113. The number of thioether (sulfide) groups is 1. The molecule has 0 bridgehead atoms. The summed E-state index contributed by atoms with van der Waals surface area (Å²) in [4.78, 5) is 25.4. The van der Waals surface area contributed by atoms with Gasteiger partial charge in [-0.3, -0.25) is 24.1 Å². The van der Waals surface area contributed by atoms with E-state index in [1.807, 2.05) is 24.9 Å². The van der Waals surface area contributed by atoms with Crippen molar-refractivity contribution in [3.05, 3.63) is 33.4 Å². The lowest BCUT2D eigenvalue weighted by atomic mass is 9.97. The molecule has 3 heterocycles. The number of carbonyl (C=O) groups is 1.